The molecule has 0 atom stereocenters. The first-order valence-electron chi connectivity index (χ1n) is 9.95. The van der Waals surface area contributed by atoms with Crippen LogP contribution in [0.1, 0.15) is 12.8 Å². The number of hydrogen-bond acceptors (Lipinski definition) is 7. The van der Waals surface area contributed by atoms with Gasteiger partial charge in [0.1, 0.15) is 12.2 Å². The van der Waals surface area contributed by atoms with E-state index < -0.39 is 11.5 Å². The standard InChI is InChI=1S/C21H17Cl2N5O3S/c22-12-5-3-6-13(16(12)23)24-15(29)11-28-20(30)18-19(17(26-28)14-7-4-10-31-14)32-21(25-18)27-8-1-2-9-27/h3-7,10H,1-2,8-9,11H2,(H,24,29). The summed E-state index contributed by atoms with van der Waals surface area (Å²) in [5.74, 6) is 0.0298. The van der Waals surface area contributed by atoms with E-state index in [0.29, 0.717) is 26.9 Å². The zero-order valence-corrected chi connectivity index (χ0v) is 19.0. The van der Waals surface area contributed by atoms with Gasteiger partial charge in [-0.3, -0.25) is 9.59 Å². The van der Waals surface area contributed by atoms with E-state index in [4.69, 9.17) is 27.6 Å². The van der Waals surface area contributed by atoms with Crippen LogP contribution in [0.15, 0.2) is 45.8 Å². The smallest absolute Gasteiger partial charge is 0.294 e. The summed E-state index contributed by atoms with van der Waals surface area (Å²) in [5, 5.41) is 8.44. The Labute approximate surface area is 196 Å². The van der Waals surface area contributed by atoms with Crippen LogP contribution < -0.4 is 15.8 Å². The summed E-state index contributed by atoms with van der Waals surface area (Å²) in [7, 11) is 0. The predicted molar refractivity (Wildman–Crippen MR) is 126 cm³/mol. The highest BCUT2D eigenvalue weighted by Crippen LogP contribution is 2.35. The van der Waals surface area contributed by atoms with Crippen LogP contribution in [0.5, 0.6) is 0 Å². The van der Waals surface area contributed by atoms with Gasteiger partial charge in [0.15, 0.2) is 16.4 Å². The maximum Gasteiger partial charge on any atom is 0.294 e. The number of rotatable bonds is 5. The average Bonchev–Trinajstić information content (AvgIpc) is 3.54. The monoisotopic (exact) mass is 489 g/mol. The molecule has 0 aliphatic carbocycles. The number of furan rings is 1. The van der Waals surface area contributed by atoms with Crippen LogP contribution in [-0.4, -0.2) is 33.8 Å². The van der Waals surface area contributed by atoms with E-state index in [-0.39, 0.29) is 17.1 Å². The predicted octanol–water partition coefficient (Wildman–Crippen LogP) is 4.66. The molecule has 5 rings (SSSR count). The molecule has 4 heterocycles. The number of carbonyl (C=O) groups excluding carboxylic acids is 1. The third-order valence-electron chi connectivity index (χ3n) is 5.14. The van der Waals surface area contributed by atoms with Crippen LogP contribution in [0.3, 0.4) is 0 Å². The average molecular weight is 490 g/mol. The fraction of sp³-hybridized carbons (Fsp3) is 0.238. The van der Waals surface area contributed by atoms with Crippen molar-refractivity contribution in [2.24, 2.45) is 0 Å². The number of fused-ring (bicyclic) bond motifs is 1. The van der Waals surface area contributed by atoms with Crippen molar-refractivity contribution in [1.29, 1.82) is 0 Å². The molecule has 0 saturated carbocycles. The van der Waals surface area contributed by atoms with Gasteiger partial charge in [-0.25, -0.2) is 9.67 Å². The summed E-state index contributed by atoms with van der Waals surface area (Å²) in [6, 6.07) is 8.43. The number of halogens is 2. The Morgan fingerprint density at radius 2 is 2.00 bits per heavy atom. The molecule has 1 saturated heterocycles. The minimum Gasteiger partial charge on any atom is -0.463 e. The van der Waals surface area contributed by atoms with Crippen molar-refractivity contribution in [2.45, 2.75) is 19.4 Å². The summed E-state index contributed by atoms with van der Waals surface area (Å²) in [6.07, 6.45) is 3.72. The van der Waals surface area contributed by atoms with Crippen molar-refractivity contribution in [1.82, 2.24) is 14.8 Å². The van der Waals surface area contributed by atoms with Gasteiger partial charge >= 0.3 is 0 Å². The zero-order chi connectivity index (χ0) is 22.2. The molecule has 32 heavy (non-hydrogen) atoms. The van der Waals surface area contributed by atoms with Crippen molar-refractivity contribution in [2.75, 3.05) is 23.3 Å². The highest BCUT2D eigenvalue weighted by atomic mass is 35.5. The molecule has 0 unspecified atom stereocenters. The molecule has 4 aromatic rings. The molecular formula is C21H17Cl2N5O3S. The van der Waals surface area contributed by atoms with E-state index in [2.05, 4.69) is 20.3 Å². The van der Waals surface area contributed by atoms with E-state index in [9.17, 15) is 9.59 Å². The molecule has 164 valence electrons. The molecule has 1 amide bonds. The van der Waals surface area contributed by atoms with Crippen LogP contribution in [-0.2, 0) is 11.3 Å². The number of carbonyl (C=O) groups is 1. The number of aromatic nitrogens is 3. The first kappa shape index (κ1) is 21.0. The third-order valence-corrected chi connectivity index (χ3v) is 7.08. The minimum atomic E-state index is -0.469. The molecule has 11 heteroatoms. The fourth-order valence-corrected chi connectivity index (χ4v) is 5.05. The van der Waals surface area contributed by atoms with Gasteiger partial charge in [0.25, 0.3) is 5.56 Å². The summed E-state index contributed by atoms with van der Waals surface area (Å²) >= 11 is 13.6. The van der Waals surface area contributed by atoms with E-state index in [1.54, 1.807) is 30.3 Å². The van der Waals surface area contributed by atoms with Gasteiger partial charge < -0.3 is 14.6 Å². The van der Waals surface area contributed by atoms with Gasteiger partial charge in [-0.1, -0.05) is 40.6 Å². The van der Waals surface area contributed by atoms with Crippen molar-refractivity contribution in [3.63, 3.8) is 0 Å². The van der Waals surface area contributed by atoms with Crippen LogP contribution in [0.25, 0.3) is 21.7 Å². The number of nitrogens with zero attached hydrogens (tertiary/aromatic N) is 4. The number of nitrogens with one attached hydrogen (secondary N) is 1. The zero-order valence-electron chi connectivity index (χ0n) is 16.7. The lowest BCUT2D eigenvalue weighted by Gasteiger charge is -2.11. The molecule has 1 fully saturated rings. The van der Waals surface area contributed by atoms with Crippen molar-refractivity contribution in [3.05, 3.63) is 57.0 Å². The second-order valence-corrected chi connectivity index (χ2v) is 9.07. The van der Waals surface area contributed by atoms with Crippen molar-refractivity contribution >= 4 is 61.5 Å². The van der Waals surface area contributed by atoms with Gasteiger partial charge in [-0.2, -0.15) is 5.10 Å². The molecule has 1 aromatic carbocycles. The van der Waals surface area contributed by atoms with Crippen LogP contribution >= 0.6 is 34.5 Å². The van der Waals surface area contributed by atoms with Gasteiger partial charge in [-0.05, 0) is 37.1 Å². The van der Waals surface area contributed by atoms with Gasteiger partial charge in [0.05, 0.1) is 26.7 Å². The summed E-state index contributed by atoms with van der Waals surface area (Å²) < 4.78 is 7.28. The lowest BCUT2D eigenvalue weighted by atomic mass is 10.3. The largest absolute Gasteiger partial charge is 0.463 e. The normalized spacial score (nSPS) is 13.8. The third kappa shape index (κ3) is 3.87. The maximum atomic E-state index is 13.2. The minimum absolute atomic E-state index is 0.226. The topological polar surface area (TPSA) is 93.3 Å². The Morgan fingerprint density at radius 3 is 2.75 bits per heavy atom. The molecular weight excluding hydrogens is 473 g/mol. The lowest BCUT2D eigenvalue weighted by molar-refractivity contribution is -0.117. The quantitative estimate of drug-likeness (QED) is 0.438. The Kier molecular flexibility index (Phi) is 5.62. The second kappa shape index (κ2) is 8.57. The van der Waals surface area contributed by atoms with Crippen LogP contribution in [0.2, 0.25) is 10.0 Å². The van der Waals surface area contributed by atoms with Crippen LogP contribution in [0, 0.1) is 0 Å². The Hall–Kier alpha value is -2.88. The molecule has 8 nitrogen and oxygen atoms in total. The Morgan fingerprint density at radius 1 is 1.19 bits per heavy atom. The van der Waals surface area contributed by atoms with Gasteiger partial charge in [0, 0.05) is 13.1 Å². The molecule has 0 radical (unpaired) electrons. The summed E-state index contributed by atoms with van der Waals surface area (Å²) in [4.78, 5) is 32.6. The first-order chi connectivity index (χ1) is 15.5. The summed E-state index contributed by atoms with van der Waals surface area (Å²) in [5.41, 5.74) is 0.659. The number of thiazole rings is 1. The van der Waals surface area contributed by atoms with Crippen molar-refractivity contribution < 1.29 is 9.21 Å². The van der Waals surface area contributed by atoms with E-state index in [0.717, 1.165) is 35.7 Å². The number of anilines is 2. The highest BCUT2D eigenvalue weighted by molar-refractivity contribution is 7.22. The summed E-state index contributed by atoms with van der Waals surface area (Å²) in [6.45, 7) is 1.49. The van der Waals surface area contributed by atoms with E-state index in [1.807, 2.05) is 0 Å². The molecule has 1 aliphatic rings. The Bertz CT molecular complexity index is 1360. The van der Waals surface area contributed by atoms with E-state index in [1.165, 1.54) is 17.6 Å². The highest BCUT2D eigenvalue weighted by Gasteiger charge is 2.23. The number of amides is 1. The molecule has 1 N–H and O–H groups in total. The van der Waals surface area contributed by atoms with Gasteiger partial charge in [-0.15, -0.1) is 0 Å². The first-order valence-corrected chi connectivity index (χ1v) is 11.5. The second-order valence-electron chi connectivity index (χ2n) is 7.31. The van der Waals surface area contributed by atoms with E-state index >= 15 is 0 Å². The lowest BCUT2D eigenvalue weighted by Crippen LogP contribution is -2.30. The Balaban J connectivity index is 1.54. The number of benzene rings is 1. The fourth-order valence-electron chi connectivity index (χ4n) is 3.60. The molecule has 3 aromatic heterocycles. The molecule has 1 aliphatic heterocycles. The molecule has 0 bridgehead atoms. The SMILES string of the molecule is O=C(Cn1nc(-c2ccco2)c2sc(N3CCCC3)nc2c1=O)Nc1cccc(Cl)c1Cl. The van der Waals surface area contributed by atoms with Crippen LogP contribution in [0.4, 0.5) is 10.8 Å². The molecule has 0 spiro atoms. The number of hydrogen-bond donors (Lipinski definition) is 1. The van der Waals surface area contributed by atoms with Crippen molar-refractivity contribution in [3.8, 4) is 11.5 Å². The van der Waals surface area contributed by atoms with Gasteiger partial charge in [0.2, 0.25) is 5.91 Å². The maximum absolute atomic E-state index is 13.2.